The number of methoxy groups -OCH3 is 1. The Hall–Kier alpha value is -1.74. The summed E-state index contributed by atoms with van der Waals surface area (Å²) in [6, 6.07) is -0.303. The Labute approximate surface area is 107 Å². The summed E-state index contributed by atoms with van der Waals surface area (Å²) in [7, 11) is 1.41. The summed E-state index contributed by atoms with van der Waals surface area (Å²) in [6.07, 6.45) is 5.28. The second kappa shape index (κ2) is 9.31. The van der Waals surface area contributed by atoms with E-state index in [1.807, 2.05) is 6.92 Å². The fourth-order valence-electron chi connectivity index (χ4n) is 1.38. The summed E-state index contributed by atoms with van der Waals surface area (Å²) < 4.78 is 4.96. The molecule has 0 spiro atoms. The van der Waals surface area contributed by atoms with Gasteiger partial charge in [-0.25, -0.2) is 4.79 Å². The fourth-order valence-corrected chi connectivity index (χ4v) is 1.38. The number of nitrogens with one attached hydrogen (secondary N) is 1. The molecule has 102 valence electrons. The molecule has 1 atom stereocenters. The van der Waals surface area contributed by atoms with E-state index in [1.165, 1.54) is 12.0 Å². The van der Waals surface area contributed by atoms with Crippen molar-refractivity contribution in [2.45, 2.75) is 25.9 Å². The van der Waals surface area contributed by atoms with Gasteiger partial charge in [0.25, 0.3) is 0 Å². The van der Waals surface area contributed by atoms with Gasteiger partial charge in [-0.05, 0) is 6.42 Å². The number of carbonyl (C=O) groups excluding carboxylic acids is 1. The van der Waals surface area contributed by atoms with Gasteiger partial charge in [0.05, 0.1) is 19.1 Å². The summed E-state index contributed by atoms with van der Waals surface area (Å²) in [5.41, 5.74) is 0. The lowest BCUT2D eigenvalue weighted by Crippen LogP contribution is -2.44. The van der Waals surface area contributed by atoms with Crippen LogP contribution in [0, 0.1) is 12.3 Å². The van der Waals surface area contributed by atoms with Crippen molar-refractivity contribution in [3.63, 3.8) is 0 Å². The molecule has 2 amide bonds. The summed E-state index contributed by atoms with van der Waals surface area (Å²) in [6.45, 7) is 2.88. The molecule has 6 nitrogen and oxygen atoms in total. The SMILES string of the molecule is C#CCN(CCC)C(=O)NCC(CC(=O)O)OC. The number of carboxylic acid groups (broad SMARTS) is 1. The van der Waals surface area contributed by atoms with Gasteiger partial charge in [-0.1, -0.05) is 12.8 Å². The minimum absolute atomic E-state index is 0.145. The van der Waals surface area contributed by atoms with E-state index in [-0.39, 0.29) is 25.5 Å². The zero-order chi connectivity index (χ0) is 14.0. The molecule has 0 aliphatic heterocycles. The largest absolute Gasteiger partial charge is 0.481 e. The average Bonchev–Trinajstić information content (AvgIpc) is 2.33. The molecule has 0 aliphatic rings. The molecule has 1 unspecified atom stereocenters. The maximum Gasteiger partial charge on any atom is 0.318 e. The number of hydrogen-bond acceptors (Lipinski definition) is 3. The number of terminal acetylenes is 1. The molecule has 0 aliphatic carbocycles. The van der Waals surface area contributed by atoms with Crippen molar-refractivity contribution in [1.82, 2.24) is 10.2 Å². The average molecular weight is 256 g/mol. The van der Waals surface area contributed by atoms with Crippen LogP contribution in [0.2, 0.25) is 0 Å². The molecule has 2 N–H and O–H groups in total. The molecule has 0 bridgehead atoms. The van der Waals surface area contributed by atoms with Crippen molar-refractivity contribution < 1.29 is 19.4 Å². The van der Waals surface area contributed by atoms with Crippen molar-refractivity contribution in [3.05, 3.63) is 0 Å². The zero-order valence-corrected chi connectivity index (χ0v) is 10.8. The van der Waals surface area contributed by atoms with Crippen LogP contribution in [0.5, 0.6) is 0 Å². The monoisotopic (exact) mass is 256 g/mol. The number of carboxylic acids is 1. The number of rotatable bonds is 8. The van der Waals surface area contributed by atoms with E-state index >= 15 is 0 Å². The van der Waals surface area contributed by atoms with Gasteiger partial charge in [-0.15, -0.1) is 6.42 Å². The number of hydrogen-bond donors (Lipinski definition) is 2. The number of amides is 2. The first-order valence-electron chi connectivity index (χ1n) is 5.75. The lowest BCUT2D eigenvalue weighted by atomic mass is 10.2. The molecule has 0 aromatic carbocycles. The second-order valence-electron chi connectivity index (χ2n) is 3.77. The molecule has 0 heterocycles. The fraction of sp³-hybridized carbons (Fsp3) is 0.667. The number of aliphatic carboxylic acids is 1. The van der Waals surface area contributed by atoms with E-state index in [2.05, 4.69) is 11.2 Å². The van der Waals surface area contributed by atoms with Gasteiger partial charge in [0.15, 0.2) is 0 Å². The van der Waals surface area contributed by atoms with Crippen LogP contribution in [0.4, 0.5) is 4.79 Å². The summed E-state index contributed by atoms with van der Waals surface area (Å²) in [4.78, 5) is 23.8. The van der Waals surface area contributed by atoms with E-state index < -0.39 is 12.1 Å². The number of ether oxygens (including phenoxy) is 1. The molecule has 0 radical (unpaired) electrons. The van der Waals surface area contributed by atoms with Crippen molar-refractivity contribution in [2.75, 3.05) is 26.7 Å². The summed E-state index contributed by atoms with van der Waals surface area (Å²) in [5, 5.41) is 11.2. The first-order valence-corrected chi connectivity index (χ1v) is 5.75. The van der Waals surface area contributed by atoms with Gasteiger partial charge in [0.2, 0.25) is 0 Å². The molecular weight excluding hydrogens is 236 g/mol. The molecular formula is C12H20N2O4. The van der Waals surface area contributed by atoms with Crippen LogP contribution in [0.3, 0.4) is 0 Å². The summed E-state index contributed by atoms with van der Waals surface area (Å²) in [5.74, 6) is 1.44. The van der Waals surface area contributed by atoms with E-state index in [9.17, 15) is 9.59 Å². The van der Waals surface area contributed by atoms with Crippen molar-refractivity contribution in [1.29, 1.82) is 0 Å². The highest BCUT2D eigenvalue weighted by atomic mass is 16.5. The molecule has 0 aromatic rings. The van der Waals surface area contributed by atoms with E-state index in [0.29, 0.717) is 6.54 Å². The standard InChI is InChI=1S/C12H20N2O4/c1-4-6-14(7-5-2)12(17)13-9-10(18-3)8-11(15)16/h1,10H,5-9H2,2-3H3,(H,13,17)(H,15,16). The quantitative estimate of drug-likeness (QED) is 0.621. The Bertz CT molecular complexity index is 312. The highest BCUT2D eigenvalue weighted by Crippen LogP contribution is 1.97. The van der Waals surface area contributed by atoms with Gasteiger partial charge >= 0.3 is 12.0 Å². The Morgan fingerprint density at radius 2 is 2.22 bits per heavy atom. The highest BCUT2D eigenvalue weighted by molar-refractivity contribution is 5.74. The molecule has 6 heteroatoms. The molecule has 0 fully saturated rings. The smallest absolute Gasteiger partial charge is 0.318 e. The van der Waals surface area contributed by atoms with Gasteiger partial charge in [0, 0.05) is 20.2 Å². The molecule has 18 heavy (non-hydrogen) atoms. The number of nitrogens with zero attached hydrogens (tertiary/aromatic N) is 1. The third-order valence-electron chi connectivity index (χ3n) is 2.28. The first-order chi connectivity index (χ1) is 8.54. The first kappa shape index (κ1) is 16.3. The Balaban J connectivity index is 4.19. The number of urea groups is 1. The van der Waals surface area contributed by atoms with E-state index in [0.717, 1.165) is 6.42 Å². The zero-order valence-electron chi connectivity index (χ0n) is 10.8. The van der Waals surface area contributed by atoms with Gasteiger partial charge in [-0.2, -0.15) is 0 Å². The van der Waals surface area contributed by atoms with Crippen LogP contribution < -0.4 is 5.32 Å². The maximum atomic E-state index is 11.7. The number of carbonyl (C=O) groups is 2. The Morgan fingerprint density at radius 3 is 2.67 bits per heavy atom. The van der Waals surface area contributed by atoms with Crippen molar-refractivity contribution in [2.24, 2.45) is 0 Å². The predicted molar refractivity (Wildman–Crippen MR) is 67.1 cm³/mol. The Morgan fingerprint density at radius 1 is 1.56 bits per heavy atom. The van der Waals surface area contributed by atoms with Crippen molar-refractivity contribution >= 4 is 12.0 Å². The molecule has 0 saturated heterocycles. The van der Waals surface area contributed by atoms with Crippen LogP contribution in [-0.2, 0) is 9.53 Å². The third kappa shape index (κ3) is 6.76. The molecule has 0 saturated carbocycles. The van der Waals surface area contributed by atoms with Gasteiger partial charge in [0.1, 0.15) is 0 Å². The van der Waals surface area contributed by atoms with Crippen LogP contribution in [-0.4, -0.2) is 54.9 Å². The van der Waals surface area contributed by atoms with E-state index in [1.54, 1.807) is 0 Å². The predicted octanol–water partition coefficient (Wildman–Crippen LogP) is 0.531. The normalized spacial score (nSPS) is 11.4. The Kier molecular flexibility index (Phi) is 8.41. The minimum Gasteiger partial charge on any atom is -0.481 e. The molecule has 0 rings (SSSR count). The van der Waals surface area contributed by atoms with E-state index in [4.69, 9.17) is 16.3 Å². The van der Waals surface area contributed by atoms with Crippen LogP contribution in [0.25, 0.3) is 0 Å². The third-order valence-corrected chi connectivity index (χ3v) is 2.28. The van der Waals surface area contributed by atoms with Crippen LogP contribution >= 0.6 is 0 Å². The second-order valence-corrected chi connectivity index (χ2v) is 3.77. The maximum absolute atomic E-state index is 11.7. The topological polar surface area (TPSA) is 78.9 Å². The van der Waals surface area contributed by atoms with Crippen LogP contribution in [0.1, 0.15) is 19.8 Å². The lowest BCUT2D eigenvalue weighted by molar-refractivity contribution is -0.139. The van der Waals surface area contributed by atoms with Crippen molar-refractivity contribution in [3.8, 4) is 12.3 Å². The summed E-state index contributed by atoms with van der Waals surface area (Å²) >= 11 is 0. The highest BCUT2D eigenvalue weighted by Gasteiger charge is 2.16. The minimum atomic E-state index is -0.967. The van der Waals surface area contributed by atoms with Gasteiger partial charge < -0.3 is 20.1 Å². The van der Waals surface area contributed by atoms with Gasteiger partial charge in [-0.3, -0.25) is 4.79 Å². The molecule has 0 aromatic heterocycles. The lowest BCUT2D eigenvalue weighted by Gasteiger charge is -2.21. The van der Waals surface area contributed by atoms with Crippen LogP contribution in [0.15, 0.2) is 0 Å².